The maximum atomic E-state index is 6.55. The molecule has 0 spiro atoms. The van der Waals surface area contributed by atoms with Gasteiger partial charge in [0.05, 0.1) is 33.6 Å². The van der Waals surface area contributed by atoms with Gasteiger partial charge in [-0.15, -0.1) is 0 Å². The smallest absolute Gasteiger partial charge is 0.143 e. The number of furan rings is 1. The Morgan fingerprint density at radius 2 is 1.08 bits per heavy atom. The second kappa shape index (κ2) is 17.7. The third kappa shape index (κ3) is 7.22. The molecule has 1 aliphatic carbocycles. The van der Waals surface area contributed by atoms with Crippen LogP contribution in [0.4, 0.5) is 17.1 Å². The summed E-state index contributed by atoms with van der Waals surface area (Å²) in [7, 11) is 0. The van der Waals surface area contributed by atoms with Gasteiger partial charge in [-0.05, 0) is 125 Å². The van der Waals surface area contributed by atoms with Gasteiger partial charge < -0.3 is 18.5 Å². The average molecular weight is 926 g/mol. The van der Waals surface area contributed by atoms with Crippen molar-refractivity contribution < 1.29 is 4.42 Å². The van der Waals surface area contributed by atoms with Crippen LogP contribution in [0.15, 0.2) is 248 Å². The van der Waals surface area contributed by atoms with Gasteiger partial charge in [0.15, 0.2) is 0 Å². The first-order chi connectivity index (χ1) is 35.5. The zero-order valence-electron chi connectivity index (χ0n) is 40.3. The number of para-hydroxylation sites is 5. The molecule has 9 aromatic carbocycles. The molecule has 12 aromatic rings. The zero-order valence-corrected chi connectivity index (χ0v) is 40.3. The van der Waals surface area contributed by atoms with Crippen LogP contribution in [0.3, 0.4) is 0 Å². The van der Waals surface area contributed by atoms with Crippen molar-refractivity contribution in [3.63, 3.8) is 0 Å². The van der Waals surface area contributed by atoms with Crippen molar-refractivity contribution in [2.75, 3.05) is 4.90 Å². The maximum Gasteiger partial charge on any atom is 0.143 e. The van der Waals surface area contributed by atoms with Crippen molar-refractivity contribution in [2.45, 2.75) is 20.3 Å². The molecule has 0 bridgehead atoms. The maximum absolute atomic E-state index is 6.55. The first-order valence-electron chi connectivity index (χ1n) is 24.9. The van der Waals surface area contributed by atoms with E-state index >= 15 is 0 Å². The first-order valence-corrected chi connectivity index (χ1v) is 24.9. The largest absolute Gasteiger partial charge is 0.455 e. The second-order valence-electron chi connectivity index (χ2n) is 19.0. The fourth-order valence-electron chi connectivity index (χ4n) is 11.3. The van der Waals surface area contributed by atoms with Crippen molar-refractivity contribution in [2.24, 2.45) is 5.92 Å². The van der Waals surface area contributed by atoms with Crippen LogP contribution in [0.1, 0.15) is 35.7 Å². The molecule has 1 atom stereocenters. The highest BCUT2D eigenvalue weighted by Gasteiger charge is 2.23. The van der Waals surface area contributed by atoms with Gasteiger partial charge >= 0.3 is 0 Å². The molecule has 0 aliphatic heterocycles. The van der Waals surface area contributed by atoms with Crippen LogP contribution in [-0.2, 0) is 0 Å². The quantitative estimate of drug-likeness (QED) is 0.128. The Balaban J connectivity index is 1.03. The summed E-state index contributed by atoms with van der Waals surface area (Å²) in [5, 5.41) is 5.89. The molecule has 3 heterocycles. The van der Waals surface area contributed by atoms with Crippen LogP contribution < -0.4 is 4.90 Å². The minimum absolute atomic E-state index is 0.397. The van der Waals surface area contributed by atoms with Crippen molar-refractivity contribution in [1.82, 2.24) is 9.13 Å². The van der Waals surface area contributed by atoms with Crippen LogP contribution >= 0.6 is 0 Å². The van der Waals surface area contributed by atoms with E-state index in [1.165, 1.54) is 44.0 Å². The van der Waals surface area contributed by atoms with E-state index < -0.39 is 0 Å². The third-order valence-corrected chi connectivity index (χ3v) is 14.8. The molecule has 0 amide bonds. The minimum atomic E-state index is 0.397. The summed E-state index contributed by atoms with van der Waals surface area (Å²) >= 11 is 0. The molecule has 4 heteroatoms. The summed E-state index contributed by atoms with van der Waals surface area (Å²) in [5.74, 6) is 0.397. The molecule has 0 N–H and O–H groups in total. The number of anilines is 3. The van der Waals surface area contributed by atoms with E-state index in [0.29, 0.717) is 5.92 Å². The third-order valence-electron chi connectivity index (χ3n) is 14.8. The standard InChI is InChI=1S/C68H51N3O/c1-4-5-26-63-46(3)57-20-9-13-27-64(57)70(63)54-42-53(43-55(44-54)71-65-28-14-10-21-59(65)60-22-11-15-29-66(60)71)69(51-36-31-47(32-37-51)50-35-40-56(45(2)41-50)48-18-7-6-8-19-48)52-38-33-49(34-39-52)58-24-17-25-62-61-23-12-16-30-67(61)72-68(58)62/h4-40,42-45H,1,41H2,2-3H3/b26-5-. The van der Waals surface area contributed by atoms with Gasteiger partial charge in [0, 0.05) is 49.6 Å². The Labute approximate surface area is 419 Å². The van der Waals surface area contributed by atoms with Crippen LogP contribution in [-0.4, -0.2) is 9.13 Å². The van der Waals surface area contributed by atoms with Crippen molar-refractivity contribution in [3.05, 3.63) is 266 Å². The van der Waals surface area contributed by atoms with Crippen molar-refractivity contribution in [1.29, 1.82) is 0 Å². The Hall–Kier alpha value is -9.12. The summed E-state index contributed by atoms with van der Waals surface area (Å²) in [6.45, 7) is 8.63. The molecular formula is C68H51N3O. The van der Waals surface area contributed by atoms with E-state index in [-0.39, 0.29) is 0 Å². The number of hydrogen-bond donors (Lipinski definition) is 0. The topological polar surface area (TPSA) is 26.2 Å². The van der Waals surface area contributed by atoms with Gasteiger partial charge in [-0.25, -0.2) is 0 Å². The molecule has 3 aromatic heterocycles. The van der Waals surface area contributed by atoms with Crippen molar-refractivity contribution >= 4 is 88.9 Å². The summed E-state index contributed by atoms with van der Waals surface area (Å²) in [6.07, 6.45) is 11.7. The number of fused-ring (bicyclic) bond motifs is 7. The number of benzene rings is 9. The number of aryl methyl sites for hydroxylation is 1. The van der Waals surface area contributed by atoms with Gasteiger partial charge in [0.1, 0.15) is 11.2 Å². The van der Waals surface area contributed by atoms with Gasteiger partial charge in [-0.1, -0.05) is 183 Å². The number of rotatable bonds is 10. The molecule has 0 saturated heterocycles. The van der Waals surface area contributed by atoms with E-state index in [1.807, 2.05) is 24.3 Å². The highest BCUT2D eigenvalue weighted by Crippen LogP contribution is 2.44. The van der Waals surface area contributed by atoms with Gasteiger partial charge in [-0.3, -0.25) is 0 Å². The fraction of sp³-hybridized carbons (Fsp3) is 0.0588. The molecule has 72 heavy (non-hydrogen) atoms. The van der Waals surface area contributed by atoms with E-state index in [0.717, 1.165) is 90.2 Å². The molecule has 1 unspecified atom stereocenters. The predicted molar refractivity (Wildman–Crippen MR) is 305 cm³/mol. The number of nitrogens with zero attached hydrogens (tertiary/aromatic N) is 3. The molecule has 13 rings (SSSR count). The Bertz CT molecular complexity index is 4100. The van der Waals surface area contributed by atoms with Gasteiger partial charge in [0.25, 0.3) is 0 Å². The minimum Gasteiger partial charge on any atom is -0.455 e. The van der Waals surface area contributed by atoms with Crippen molar-refractivity contribution in [3.8, 4) is 22.5 Å². The lowest BCUT2D eigenvalue weighted by molar-refractivity contribution is 0.670. The lowest BCUT2D eigenvalue weighted by Crippen LogP contribution is -2.12. The summed E-state index contributed by atoms with van der Waals surface area (Å²) < 4.78 is 11.4. The molecule has 0 radical (unpaired) electrons. The van der Waals surface area contributed by atoms with E-state index in [4.69, 9.17) is 4.42 Å². The summed E-state index contributed by atoms with van der Waals surface area (Å²) in [5.41, 5.74) is 20.2. The fourth-order valence-corrected chi connectivity index (χ4v) is 11.3. The lowest BCUT2D eigenvalue weighted by Gasteiger charge is -2.28. The SMILES string of the molecule is C=C/C=C\c1c(C)c2ccccc2n1-c1cc(N(c2ccc(C3=CC=C(c4ccccc4)C(C)C3)cc2)c2ccc(-c3cccc4c3oc3ccccc34)cc2)cc(-n2c3ccccc3c3ccccc32)c1. The molecule has 344 valence electrons. The monoisotopic (exact) mass is 925 g/mol. The van der Waals surface area contributed by atoms with E-state index in [2.05, 4.69) is 253 Å². The first kappa shape index (κ1) is 42.9. The highest BCUT2D eigenvalue weighted by molar-refractivity contribution is 6.10. The average Bonchev–Trinajstić information content (AvgIpc) is 4.08. The lowest BCUT2D eigenvalue weighted by atomic mass is 9.82. The Kier molecular flexibility index (Phi) is 10.5. The number of aromatic nitrogens is 2. The Morgan fingerprint density at radius 3 is 1.75 bits per heavy atom. The van der Waals surface area contributed by atoms with Gasteiger partial charge in [-0.2, -0.15) is 0 Å². The van der Waals surface area contributed by atoms with Crippen LogP contribution in [0.5, 0.6) is 0 Å². The summed E-state index contributed by atoms with van der Waals surface area (Å²) in [4.78, 5) is 2.42. The molecular weight excluding hydrogens is 875 g/mol. The highest BCUT2D eigenvalue weighted by atomic mass is 16.3. The van der Waals surface area contributed by atoms with Gasteiger partial charge in [0.2, 0.25) is 0 Å². The zero-order chi connectivity index (χ0) is 48.3. The van der Waals surface area contributed by atoms with Crippen LogP contribution in [0, 0.1) is 12.8 Å². The van der Waals surface area contributed by atoms with Crippen LogP contribution in [0.25, 0.3) is 94.4 Å². The Morgan fingerprint density at radius 1 is 0.514 bits per heavy atom. The van der Waals surface area contributed by atoms with E-state index in [1.54, 1.807) is 0 Å². The molecule has 4 nitrogen and oxygen atoms in total. The normalized spacial score (nSPS) is 13.9. The predicted octanol–water partition coefficient (Wildman–Crippen LogP) is 18.8. The molecule has 0 saturated carbocycles. The van der Waals surface area contributed by atoms with Crippen LogP contribution in [0.2, 0.25) is 0 Å². The second-order valence-corrected chi connectivity index (χ2v) is 19.0. The number of allylic oxidation sites excluding steroid dienone is 6. The van der Waals surface area contributed by atoms with E-state index in [9.17, 15) is 0 Å². The molecule has 0 fully saturated rings. The molecule has 1 aliphatic rings. The summed E-state index contributed by atoms with van der Waals surface area (Å²) in [6, 6.07) is 77.0. The number of hydrogen-bond acceptors (Lipinski definition) is 2.